The standard InChI is InChI=1S/C12H11IS/c1-9-6-11(8-14-9)7-10-2-4-12(13)5-3-10/h2-6,8H,7H2,1H3. The molecule has 0 aliphatic heterocycles. The van der Waals surface area contributed by atoms with Crippen LogP contribution in [-0.4, -0.2) is 0 Å². The molecule has 0 unspecified atom stereocenters. The number of thiophene rings is 1. The van der Waals surface area contributed by atoms with Gasteiger partial charge in [0.05, 0.1) is 0 Å². The van der Waals surface area contributed by atoms with Crippen LogP contribution < -0.4 is 0 Å². The van der Waals surface area contributed by atoms with Gasteiger partial charge in [-0.3, -0.25) is 0 Å². The third kappa shape index (κ3) is 2.58. The Morgan fingerprint density at radius 1 is 1.14 bits per heavy atom. The molecule has 14 heavy (non-hydrogen) atoms. The van der Waals surface area contributed by atoms with Crippen molar-refractivity contribution in [3.8, 4) is 0 Å². The minimum atomic E-state index is 1.06. The van der Waals surface area contributed by atoms with Crippen LogP contribution in [0.1, 0.15) is 16.0 Å². The van der Waals surface area contributed by atoms with Crippen LogP contribution in [0.15, 0.2) is 35.7 Å². The highest BCUT2D eigenvalue weighted by molar-refractivity contribution is 14.1. The summed E-state index contributed by atoms with van der Waals surface area (Å²) in [5.41, 5.74) is 2.82. The summed E-state index contributed by atoms with van der Waals surface area (Å²) >= 11 is 4.16. The van der Waals surface area contributed by atoms with Gasteiger partial charge < -0.3 is 0 Å². The van der Waals surface area contributed by atoms with Gasteiger partial charge in [-0.05, 0) is 70.6 Å². The molecule has 0 fully saturated rings. The molecule has 0 saturated carbocycles. The first-order chi connectivity index (χ1) is 6.74. The van der Waals surface area contributed by atoms with Gasteiger partial charge in [0.15, 0.2) is 0 Å². The van der Waals surface area contributed by atoms with Crippen molar-refractivity contribution >= 4 is 33.9 Å². The maximum Gasteiger partial charge on any atom is 0.0130 e. The van der Waals surface area contributed by atoms with Gasteiger partial charge >= 0.3 is 0 Å². The van der Waals surface area contributed by atoms with E-state index in [1.807, 2.05) is 11.3 Å². The predicted molar refractivity (Wildman–Crippen MR) is 71.0 cm³/mol. The van der Waals surface area contributed by atoms with Crippen LogP contribution in [0, 0.1) is 10.5 Å². The molecule has 1 heterocycles. The number of halogens is 1. The first-order valence-electron chi connectivity index (χ1n) is 4.52. The second kappa shape index (κ2) is 4.45. The van der Waals surface area contributed by atoms with E-state index in [4.69, 9.17) is 0 Å². The van der Waals surface area contributed by atoms with Gasteiger partial charge in [-0.15, -0.1) is 11.3 Å². The lowest BCUT2D eigenvalue weighted by Gasteiger charge is -1.98. The van der Waals surface area contributed by atoms with Crippen molar-refractivity contribution in [1.29, 1.82) is 0 Å². The van der Waals surface area contributed by atoms with Crippen molar-refractivity contribution in [1.82, 2.24) is 0 Å². The van der Waals surface area contributed by atoms with Crippen LogP contribution in [0.25, 0.3) is 0 Å². The van der Waals surface area contributed by atoms with Crippen LogP contribution in [0.3, 0.4) is 0 Å². The minimum absolute atomic E-state index is 1.06. The molecule has 0 aliphatic carbocycles. The summed E-state index contributed by atoms with van der Waals surface area (Å²) in [6.45, 7) is 2.15. The summed E-state index contributed by atoms with van der Waals surface area (Å²) in [5.74, 6) is 0. The Morgan fingerprint density at radius 3 is 2.43 bits per heavy atom. The number of aryl methyl sites for hydroxylation is 1. The number of rotatable bonds is 2. The molecule has 0 saturated heterocycles. The van der Waals surface area contributed by atoms with Crippen molar-refractivity contribution in [2.24, 2.45) is 0 Å². The lowest BCUT2D eigenvalue weighted by atomic mass is 10.1. The third-order valence-electron chi connectivity index (χ3n) is 2.11. The van der Waals surface area contributed by atoms with E-state index in [0.717, 1.165) is 6.42 Å². The summed E-state index contributed by atoms with van der Waals surface area (Å²) in [5, 5.41) is 2.24. The highest BCUT2D eigenvalue weighted by Crippen LogP contribution is 2.17. The summed E-state index contributed by atoms with van der Waals surface area (Å²) in [7, 11) is 0. The second-order valence-corrected chi connectivity index (χ2v) is 5.73. The van der Waals surface area contributed by atoms with Crippen molar-refractivity contribution in [3.05, 3.63) is 55.3 Å². The molecule has 1 aromatic carbocycles. The highest BCUT2D eigenvalue weighted by Gasteiger charge is 1.98. The fraction of sp³-hybridized carbons (Fsp3) is 0.167. The molecular formula is C12H11IS. The zero-order valence-corrected chi connectivity index (χ0v) is 10.9. The topological polar surface area (TPSA) is 0 Å². The predicted octanol–water partition coefficient (Wildman–Crippen LogP) is 4.25. The van der Waals surface area contributed by atoms with E-state index in [1.54, 1.807) is 0 Å². The van der Waals surface area contributed by atoms with Crippen molar-refractivity contribution in [2.75, 3.05) is 0 Å². The van der Waals surface area contributed by atoms with E-state index in [-0.39, 0.29) is 0 Å². The van der Waals surface area contributed by atoms with E-state index in [9.17, 15) is 0 Å². The van der Waals surface area contributed by atoms with Gasteiger partial charge in [-0.2, -0.15) is 0 Å². The van der Waals surface area contributed by atoms with E-state index in [1.165, 1.54) is 19.6 Å². The Morgan fingerprint density at radius 2 is 1.86 bits per heavy atom. The van der Waals surface area contributed by atoms with E-state index >= 15 is 0 Å². The summed E-state index contributed by atoms with van der Waals surface area (Å²) in [4.78, 5) is 1.39. The molecule has 0 nitrogen and oxygen atoms in total. The normalized spacial score (nSPS) is 10.4. The van der Waals surface area contributed by atoms with Crippen LogP contribution in [0.4, 0.5) is 0 Å². The van der Waals surface area contributed by atoms with Crippen LogP contribution in [0.2, 0.25) is 0 Å². The average Bonchev–Trinajstić information content (AvgIpc) is 2.56. The molecule has 0 amide bonds. The van der Waals surface area contributed by atoms with Gasteiger partial charge in [0.2, 0.25) is 0 Å². The molecule has 2 heteroatoms. The highest BCUT2D eigenvalue weighted by atomic mass is 127. The fourth-order valence-corrected chi connectivity index (χ4v) is 2.50. The van der Waals surface area contributed by atoms with Gasteiger partial charge in [0.25, 0.3) is 0 Å². The molecule has 72 valence electrons. The Kier molecular flexibility index (Phi) is 3.23. The van der Waals surface area contributed by atoms with Crippen molar-refractivity contribution in [2.45, 2.75) is 13.3 Å². The Bertz CT molecular complexity index is 414. The van der Waals surface area contributed by atoms with E-state index in [0.29, 0.717) is 0 Å². The smallest absolute Gasteiger partial charge is 0.0130 e. The Labute approximate surface area is 102 Å². The van der Waals surface area contributed by atoms with Crippen molar-refractivity contribution in [3.63, 3.8) is 0 Å². The molecule has 2 rings (SSSR count). The van der Waals surface area contributed by atoms with E-state index < -0.39 is 0 Å². The Hall–Kier alpha value is -0.350. The Balaban J connectivity index is 2.15. The van der Waals surface area contributed by atoms with Crippen LogP contribution in [0.5, 0.6) is 0 Å². The molecular weight excluding hydrogens is 303 g/mol. The number of hydrogen-bond donors (Lipinski definition) is 0. The van der Waals surface area contributed by atoms with Gasteiger partial charge in [-0.25, -0.2) is 0 Å². The quantitative estimate of drug-likeness (QED) is 0.727. The van der Waals surface area contributed by atoms with E-state index in [2.05, 4.69) is 65.2 Å². The third-order valence-corrected chi connectivity index (χ3v) is 3.74. The molecule has 0 bridgehead atoms. The minimum Gasteiger partial charge on any atom is -0.149 e. The first kappa shape index (κ1) is 10.2. The van der Waals surface area contributed by atoms with Gasteiger partial charge in [-0.1, -0.05) is 12.1 Å². The largest absolute Gasteiger partial charge is 0.149 e. The molecule has 0 atom stereocenters. The van der Waals surface area contributed by atoms with Crippen molar-refractivity contribution < 1.29 is 0 Å². The zero-order valence-electron chi connectivity index (χ0n) is 7.96. The SMILES string of the molecule is Cc1cc(Cc2ccc(I)cc2)cs1. The molecule has 0 aliphatic rings. The molecule has 0 N–H and O–H groups in total. The molecule has 1 aromatic heterocycles. The maximum atomic E-state index is 2.33. The van der Waals surface area contributed by atoms with Gasteiger partial charge in [0.1, 0.15) is 0 Å². The first-order valence-corrected chi connectivity index (χ1v) is 6.48. The monoisotopic (exact) mass is 314 g/mol. The zero-order chi connectivity index (χ0) is 9.97. The summed E-state index contributed by atoms with van der Waals surface area (Å²) < 4.78 is 1.30. The lowest BCUT2D eigenvalue weighted by molar-refractivity contribution is 1.20. The summed E-state index contributed by atoms with van der Waals surface area (Å²) in [6.07, 6.45) is 1.06. The fourth-order valence-electron chi connectivity index (χ4n) is 1.43. The number of hydrogen-bond acceptors (Lipinski definition) is 1. The lowest BCUT2D eigenvalue weighted by Crippen LogP contribution is -1.85. The van der Waals surface area contributed by atoms with Crippen LogP contribution in [-0.2, 0) is 6.42 Å². The number of benzene rings is 1. The second-order valence-electron chi connectivity index (χ2n) is 3.37. The van der Waals surface area contributed by atoms with Crippen LogP contribution >= 0.6 is 33.9 Å². The maximum absolute atomic E-state index is 2.33. The average molecular weight is 314 g/mol. The van der Waals surface area contributed by atoms with Gasteiger partial charge in [0, 0.05) is 8.45 Å². The molecule has 2 aromatic rings. The molecule has 0 spiro atoms. The summed E-state index contributed by atoms with van der Waals surface area (Å²) in [6, 6.07) is 11.0. The molecule has 0 radical (unpaired) electrons.